The normalized spacial score (nSPS) is 21.8. The van der Waals surface area contributed by atoms with E-state index in [-0.39, 0.29) is 0 Å². The van der Waals surface area contributed by atoms with Gasteiger partial charge in [0, 0.05) is 4.75 Å². The van der Waals surface area contributed by atoms with Gasteiger partial charge in [-0.15, -0.1) is 0 Å². The summed E-state index contributed by atoms with van der Waals surface area (Å²) in [5.74, 6) is 0. The lowest BCUT2D eigenvalue weighted by Gasteiger charge is -2.21. The van der Waals surface area contributed by atoms with Crippen LogP contribution in [-0.2, 0) is 0 Å². The van der Waals surface area contributed by atoms with Crippen molar-refractivity contribution >= 4 is 11.8 Å². The topological polar surface area (TPSA) is 0 Å². The summed E-state index contributed by atoms with van der Waals surface area (Å²) in [6.45, 7) is 7.01. The average molecular weight is 172 g/mol. The van der Waals surface area contributed by atoms with E-state index in [9.17, 15) is 0 Å². The summed E-state index contributed by atoms with van der Waals surface area (Å²) in [5, 5.41) is 0. The predicted octanol–water partition coefficient (Wildman–Crippen LogP) is 3.71. The molecule has 0 saturated heterocycles. The monoisotopic (exact) mass is 172 g/mol. The molecular weight excluding hydrogens is 152 g/mol. The predicted molar refractivity (Wildman–Crippen MR) is 54.2 cm³/mol. The van der Waals surface area contributed by atoms with Gasteiger partial charge >= 0.3 is 0 Å². The van der Waals surface area contributed by atoms with Gasteiger partial charge in [-0.1, -0.05) is 20.8 Å². The Balaban J connectivity index is 2.22. The zero-order valence-corrected chi connectivity index (χ0v) is 9.05. The number of rotatable bonds is 3. The van der Waals surface area contributed by atoms with E-state index in [1.165, 1.54) is 25.7 Å². The average Bonchev–Trinajstić information content (AvgIpc) is 2.63. The second kappa shape index (κ2) is 3.01. The van der Waals surface area contributed by atoms with E-state index >= 15 is 0 Å². The van der Waals surface area contributed by atoms with Gasteiger partial charge in [0.1, 0.15) is 0 Å². The van der Waals surface area contributed by atoms with Crippen LogP contribution in [0.3, 0.4) is 0 Å². The van der Waals surface area contributed by atoms with E-state index in [4.69, 9.17) is 0 Å². The van der Waals surface area contributed by atoms with E-state index in [0.29, 0.717) is 10.2 Å². The first-order valence-electron chi connectivity index (χ1n) is 4.53. The molecule has 0 spiro atoms. The fourth-order valence-corrected chi connectivity index (χ4v) is 2.11. The fourth-order valence-electron chi connectivity index (χ4n) is 1.30. The van der Waals surface area contributed by atoms with Crippen LogP contribution in [0.15, 0.2) is 0 Å². The molecule has 0 aromatic heterocycles. The van der Waals surface area contributed by atoms with Crippen LogP contribution >= 0.6 is 11.8 Å². The highest BCUT2D eigenvalue weighted by Crippen LogP contribution is 2.51. The molecule has 1 rings (SSSR count). The van der Waals surface area contributed by atoms with Gasteiger partial charge in [-0.25, -0.2) is 0 Å². The molecule has 11 heavy (non-hydrogen) atoms. The third-order valence-electron chi connectivity index (χ3n) is 2.57. The number of thioether (sulfide) groups is 1. The van der Waals surface area contributed by atoms with Crippen molar-refractivity contribution in [2.75, 3.05) is 6.26 Å². The molecule has 0 heterocycles. The highest BCUT2D eigenvalue weighted by atomic mass is 32.2. The maximum atomic E-state index is 2.34. The Morgan fingerprint density at radius 2 is 1.82 bits per heavy atom. The van der Waals surface area contributed by atoms with Crippen LogP contribution in [0.5, 0.6) is 0 Å². The quantitative estimate of drug-likeness (QED) is 0.625. The Hall–Kier alpha value is 0.350. The van der Waals surface area contributed by atoms with Gasteiger partial charge in [0.05, 0.1) is 0 Å². The molecule has 1 aliphatic carbocycles. The van der Waals surface area contributed by atoms with Crippen molar-refractivity contribution in [1.29, 1.82) is 0 Å². The molecular formula is C10H20S. The second-order valence-electron chi connectivity index (χ2n) is 4.95. The maximum Gasteiger partial charge on any atom is 0.0158 e. The van der Waals surface area contributed by atoms with Crippen LogP contribution in [0.25, 0.3) is 0 Å². The molecule has 0 nitrogen and oxygen atoms in total. The fraction of sp³-hybridized carbons (Fsp3) is 1.00. The van der Waals surface area contributed by atoms with Crippen molar-refractivity contribution < 1.29 is 0 Å². The minimum atomic E-state index is 0.533. The van der Waals surface area contributed by atoms with Crippen molar-refractivity contribution in [1.82, 2.24) is 0 Å². The van der Waals surface area contributed by atoms with Gasteiger partial charge in [0.25, 0.3) is 0 Å². The molecule has 0 radical (unpaired) electrons. The Morgan fingerprint density at radius 3 is 2.09 bits per heavy atom. The summed E-state index contributed by atoms with van der Waals surface area (Å²) in [6.07, 6.45) is 8.00. The molecule has 0 aromatic carbocycles. The highest BCUT2D eigenvalue weighted by molar-refractivity contribution is 8.00. The molecule has 0 amide bonds. The third kappa shape index (κ3) is 3.06. The van der Waals surface area contributed by atoms with Crippen molar-refractivity contribution in [3.8, 4) is 0 Å². The molecule has 0 bridgehead atoms. The zero-order chi connectivity index (χ0) is 8.54. The first kappa shape index (κ1) is 9.44. The Kier molecular flexibility index (Phi) is 2.58. The highest BCUT2D eigenvalue weighted by Gasteiger charge is 2.41. The molecule has 1 fully saturated rings. The summed E-state index contributed by atoms with van der Waals surface area (Å²) < 4.78 is 0.716. The lowest BCUT2D eigenvalue weighted by Crippen LogP contribution is -2.10. The summed E-state index contributed by atoms with van der Waals surface area (Å²) in [6, 6.07) is 0. The lowest BCUT2D eigenvalue weighted by molar-refractivity contribution is 0.361. The van der Waals surface area contributed by atoms with Gasteiger partial charge in [-0.05, 0) is 37.4 Å². The molecule has 1 saturated carbocycles. The third-order valence-corrected chi connectivity index (χ3v) is 4.05. The number of hydrogen-bond acceptors (Lipinski definition) is 1. The minimum absolute atomic E-state index is 0.533. The van der Waals surface area contributed by atoms with Crippen LogP contribution < -0.4 is 0 Å². The standard InChI is InChI=1S/C10H20S/c1-9(2,3)5-6-10(11-4)7-8-10/h5-8H2,1-4H3. The Morgan fingerprint density at radius 1 is 1.27 bits per heavy atom. The molecule has 0 atom stereocenters. The first-order valence-corrected chi connectivity index (χ1v) is 5.75. The summed E-state index contributed by atoms with van der Waals surface area (Å²) >= 11 is 2.08. The molecule has 0 N–H and O–H groups in total. The molecule has 0 aromatic rings. The molecule has 0 unspecified atom stereocenters. The van der Waals surface area contributed by atoms with E-state index < -0.39 is 0 Å². The molecule has 1 heteroatoms. The van der Waals surface area contributed by atoms with E-state index in [1.807, 2.05) is 0 Å². The largest absolute Gasteiger partial charge is 0.159 e. The lowest BCUT2D eigenvalue weighted by atomic mass is 9.89. The van der Waals surface area contributed by atoms with Gasteiger partial charge < -0.3 is 0 Å². The first-order chi connectivity index (χ1) is 4.97. The van der Waals surface area contributed by atoms with Crippen molar-refractivity contribution in [2.24, 2.45) is 5.41 Å². The summed E-state index contributed by atoms with van der Waals surface area (Å²) in [7, 11) is 0. The van der Waals surface area contributed by atoms with Crippen LogP contribution in [-0.4, -0.2) is 11.0 Å². The molecule has 0 aliphatic heterocycles. The number of hydrogen-bond donors (Lipinski definition) is 0. The van der Waals surface area contributed by atoms with E-state index in [2.05, 4.69) is 38.8 Å². The van der Waals surface area contributed by atoms with Crippen LogP contribution in [0.1, 0.15) is 46.5 Å². The van der Waals surface area contributed by atoms with E-state index in [0.717, 1.165) is 0 Å². The Bertz CT molecular complexity index is 128. The zero-order valence-electron chi connectivity index (χ0n) is 8.24. The van der Waals surface area contributed by atoms with Crippen molar-refractivity contribution in [2.45, 2.75) is 51.2 Å². The maximum absolute atomic E-state index is 2.34. The van der Waals surface area contributed by atoms with Gasteiger partial charge in [-0.3, -0.25) is 0 Å². The second-order valence-corrected chi connectivity index (χ2v) is 6.22. The summed E-state index contributed by atoms with van der Waals surface area (Å²) in [5.41, 5.74) is 0.533. The smallest absolute Gasteiger partial charge is 0.0158 e. The Labute approximate surface area is 75.1 Å². The van der Waals surface area contributed by atoms with Gasteiger partial charge in [-0.2, -0.15) is 11.8 Å². The van der Waals surface area contributed by atoms with Crippen LogP contribution in [0, 0.1) is 5.41 Å². The minimum Gasteiger partial charge on any atom is -0.159 e. The van der Waals surface area contributed by atoms with Crippen molar-refractivity contribution in [3.05, 3.63) is 0 Å². The van der Waals surface area contributed by atoms with Crippen molar-refractivity contribution in [3.63, 3.8) is 0 Å². The summed E-state index contributed by atoms with van der Waals surface area (Å²) in [4.78, 5) is 0. The molecule has 1 aliphatic rings. The SMILES string of the molecule is CSC1(CCC(C)(C)C)CC1. The van der Waals surface area contributed by atoms with Gasteiger partial charge in [0.2, 0.25) is 0 Å². The van der Waals surface area contributed by atoms with Crippen LogP contribution in [0.4, 0.5) is 0 Å². The molecule has 66 valence electrons. The van der Waals surface area contributed by atoms with E-state index in [1.54, 1.807) is 0 Å². The van der Waals surface area contributed by atoms with Crippen LogP contribution in [0.2, 0.25) is 0 Å². The van der Waals surface area contributed by atoms with Gasteiger partial charge in [0.15, 0.2) is 0 Å².